The quantitative estimate of drug-likeness (QED) is 0.765. The number of nitrogens with two attached hydrogens (primary N) is 1. The lowest BCUT2D eigenvalue weighted by atomic mass is 9.94. The van der Waals surface area contributed by atoms with E-state index >= 15 is 0 Å². The maximum absolute atomic E-state index is 12.2. The van der Waals surface area contributed by atoms with Gasteiger partial charge in [-0.25, -0.2) is 0 Å². The van der Waals surface area contributed by atoms with Crippen molar-refractivity contribution in [1.82, 2.24) is 4.90 Å². The van der Waals surface area contributed by atoms with Crippen molar-refractivity contribution in [2.24, 2.45) is 17.1 Å². The zero-order chi connectivity index (χ0) is 10.9. The van der Waals surface area contributed by atoms with E-state index < -0.39 is 0 Å². The zero-order valence-corrected chi connectivity index (χ0v) is 9.67. The topological polar surface area (TPSA) is 46.3 Å². The predicted molar refractivity (Wildman–Crippen MR) is 60.3 cm³/mol. The van der Waals surface area contributed by atoms with E-state index in [1.54, 1.807) is 0 Å². The summed E-state index contributed by atoms with van der Waals surface area (Å²) < 4.78 is 0. The molecule has 0 radical (unpaired) electrons. The molecule has 3 nitrogen and oxygen atoms in total. The van der Waals surface area contributed by atoms with Gasteiger partial charge in [0.1, 0.15) is 0 Å². The third-order valence-electron chi connectivity index (χ3n) is 4.08. The summed E-state index contributed by atoms with van der Waals surface area (Å²) in [6.07, 6.45) is 5.67. The molecule has 0 aromatic rings. The normalized spacial score (nSPS) is 28.9. The lowest BCUT2D eigenvalue weighted by molar-refractivity contribution is -0.138. The van der Waals surface area contributed by atoms with E-state index in [1.807, 2.05) is 0 Å². The van der Waals surface area contributed by atoms with Crippen LogP contribution in [0.15, 0.2) is 0 Å². The summed E-state index contributed by atoms with van der Waals surface area (Å²) in [4.78, 5) is 14.3. The Morgan fingerprint density at radius 2 is 2.27 bits per heavy atom. The van der Waals surface area contributed by atoms with E-state index in [4.69, 9.17) is 5.73 Å². The molecule has 0 aromatic carbocycles. The molecule has 1 atom stereocenters. The summed E-state index contributed by atoms with van der Waals surface area (Å²) >= 11 is 0. The molecule has 0 spiro atoms. The maximum Gasteiger partial charge on any atom is 0.230 e. The number of carbonyl (C=O) groups is 1. The number of carbonyl (C=O) groups excluding carboxylic acids is 1. The summed E-state index contributed by atoms with van der Waals surface area (Å²) in [6.45, 7) is 4.68. The van der Waals surface area contributed by atoms with Gasteiger partial charge in [0.25, 0.3) is 0 Å². The van der Waals surface area contributed by atoms with Crippen LogP contribution in [0.25, 0.3) is 0 Å². The van der Waals surface area contributed by atoms with Crippen molar-refractivity contribution < 1.29 is 4.79 Å². The standard InChI is InChI=1S/C12H22N2O/c1-2-10-4-3-7-14(8-10)11(15)12(9-13)5-6-12/h10H,2-9,13H2,1H3. The SMILES string of the molecule is CCC1CCCN(C(=O)C2(CN)CC2)C1. The van der Waals surface area contributed by atoms with Gasteiger partial charge in [0, 0.05) is 19.6 Å². The van der Waals surface area contributed by atoms with Crippen molar-refractivity contribution >= 4 is 5.91 Å². The van der Waals surface area contributed by atoms with Crippen LogP contribution in [0.4, 0.5) is 0 Å². The highest BCUT2D eigenvalue weighted by Gasteiger charge is 2.50. The van der Waals surface area contributed by atoms with Crippen molar-refractivity contribution in [1.29, 1.82) is 0 Å². The van der Waals surface area contributed by atoms with Crippen molar-refractivity contribution in [3.63, 3.8) is 0 Å². The number of hydrogen-bond donors (Lipinski definition) is 1. The van der Waals surface area contributed by atoms with Gasteiger partial charge in [-0.3, -0.25) is 4.79 Å². The van der Waals surface area contributed by atoms with Gasteiger partial charge in [-0.1, -0.05) is 13.3 Å². The minimum absolute atomic E-state index is 0.143. The summed E-state index contributed by atoms with van der Waals surface area (Å²) in [6, 6.07) is 0. The summed E-state index contributed by atoms with van der Waals surface area (Å²) in [5.41, 5.74) is 5.55. The van der Waals surface area contributed by atoms with Crippen LogP contribution < -0.4 is 5.73 Å². The fourth-order valence-electron chi connectivity index (χ4n) is 2.57. The highest BCUT2D eigenvalue weighted by Crippen LogP contribution is 2.46. The molecule has 0 aromatic heterocycles. The summed E-state index contributed by atoms with van der Waals surface area (Å²) in [5.74, 6) is 1.06. The number of nitrogens with zero attached hydrogens (tertiary/aromatic N) is 1. The first-order valence-corrected chi connectivity index (χ1v) is 6.21. The molecule has 1 aliphatic carbocycles. The third kappa shape index (κ3) is 2.03. The molecule has 1 amide bonds. The molecule has 2 rings (SSSR count). The molecular weight excluding hydrogens is 188 g/mol. The molecule has 1 saturated carbocycles. The molecular formula is C12H22N2O. The molecule has 0 bridgehead atoms. The molecule has 3 heteroatoms. The minimum atomic E-state index is -0.143. The average Bonchev–Trinajstić information content (AvgIpc) is 3.09. The van der Waals surface area contributed by atoms with Gasteiger partial charge < -0.3 is 10.6 Å². The number of rotatable bonds is 3. The Bertz CT molecular complexity index is 248. The second-order valence-electron chi connectivity index (χ2n) is 5.15. The molecule has 2 aliphatic rings. The first-order chi connectivity index (χ1) is 7.22. The Labute approximate surface area is 92.0 Å². The molecule has 1 saturated heterocycles. The van der Waals surface area contributed by atoms with E-state index in [9.17, 15) is 4.79 Å². The van der Waals surface area contributed by atoms with Crippen LogP contribution >= 0.6 is 0 Å². The Hall–Kier alpha value is -0.570. The summed E-state index contributed by atoms with van der Waals surface area (Å²) in [5, 5.41) is 0. The van der Waals surface area contributed by atoms with Gasteiger partial charge in [-0.15, -0.1) is 0 Å². The van der Waals surface area contributed by atoms with Crippen LogP contribution in [0.5, 0.6) is 0 Å². The molecule has 15 heavy (non-hydrogen) atoms. The van der Waals surface area contributed by atoms with Gasteiger partial charge in [0.05, 0.1) is 5.41 Å². The van der Waals surface area contributed by atoms with Crippen LogP contribution in [0, 0.1) is 11.3 Å². The smallest absolute Gasteiger partial charge is 0.230 e. The third-order valence-corrected chi connectivity index (χ3v) is 4.08. The predicted octanol–water partition coefficient (Wildman–Crippen LogP) is 1.37. The lowest BCUT2D eigenvalue weighted by Gasteiger charge is -2.34. The maximum atomic E-state index is 12.2. The lowest BCUT2D eigenvalue weighted by Crippen LogP contribution is -2.45. The van der Waals surface area contributed by atoms with E-state index in [2.05, 4.69) is 11.8 Å². The molecule has 1 heterocycles. The Morgan fingerprint density at radius 1 is 1.53 bits per heavy atom. The second kappa shape index (κ2) is 4.12. The molecule has 2 fully saturated rings. The van der Waals surface area contributed by atoms with E-state index in [0.717, 1.165) is 31.8 Å². The average molecular weight is 210 g/mol. The minimum Gasteiger partial charge on any atom is -0.342 e. The first-order valence-electron chi connectivity index (χ1n) is 6.21. The number of piperidine rings is 1. The Kier molecular flexibility index (Phi) is 3.01. The number of likely N-dealkylation sites (tertiary alicyclic amines) is 1. The molecule has 86 valence electrons. The first kappa shape index (κ1) is 10.9. The van der Waals surface area contributed by atoms with E-state index in [0.29, 0.717) is 12.5 Å². The van der Waals surface area contributed by atoms with Crippen LogP contribution in [-0.4, -0.2) is 30.4 Å². The van der Waals surface area contributed by atoms with Crippen molar-refractivity contribution in [2.45, 2.75) is 39.0 Å². The zero-order valence-electron chi connectivity index (χ0n) is 9.67. The highest BCUT2D eigenvalue weighted by molar-refractivity contribution is 5.85. The van der Waals surface area contributed by atoms with E-state index in [1.165, 1.54) is 19.3 Å². The second-order valence-corrected chi connectivity index (χ2v) is 5.15. The fraction of sp³-hybridized carbons (Fsp3) is 0.917. The van der Waals surface area contributed by atoms with Crippen molar-refractivity contribution in [2.75, 3.05) is 19.6 Å². The fourth-order valence-corrected chi connectivity index (χ4v) is 2.57. The number of amides is 1. The van der Waals surface area contributed by atoms with Crippen molar-refractivity contribution in [3.8, 4) is 0 Å². The molecule has 1 aliphatic heterocycles. The van der Waals surface area contributed by atoms with Gasteiger partial charge >= 0.3 is 0 Å². The van der Waals surface area contributed by atoms with Crippen molar-refractivity contribution in [3.05, 3.63) is 0 Å². The molecule has 1 unspecified atom stereocenters. The van der Waals surface area contributed by atoms with Crippen LogP contribution in [0.3, 0.4) is 0 Å². The van der Waals surface area contributed by atoms with Crippen LogP contribution in [-0.2, 0) is 4.79 Å². The van der Waals surface area contributed by atoms with Gasteiger partial charge in [-0.05, 0) is 31.6 Å². The Morgan fingerprint density at radius 3 is 2.80 bits per heavy atom. The van der Waals surface area contributed by atoms with Gasteiger partial charge in [0.15, 0.2) is 0 Å². The van der Waals surface area contributed by atoms with Crippen LogP contribution in [0.2, 0.25) is 0 Å². The number of hydrogen-bond acceptors (Lipinski definition) is 2. The molecule has 2 N–H and O–H groups in total. The van der Waals surface area contributed by atoms with Crippen LogP contribution in [0.1, 0.15) is 39.0 Å². The van der Waals surface area contributed by atoms with E-state index in [-0.39, 0.29) is 5.41 Å². The highest BCUT2D eigenvalue weighted by atomic mass is 16.2. The monoisotopic (exact) mass is 210 g/mol. The van der Waals surface area contributed by atoms with Gasteiger partial charge in [0.2, 0.25) is 5.91 Å². The van der Waals surface area contributed by atoms with Gasteiger partial charge in [-0.2, -0.15) is 0 Å². The Balaban J connectivity index is 1.95. The largest absolute Gasteiger partial charge is 0.342 e. The summed E-state index contributed by atoms with van der Waals surface area (Å²) in [7, 11) is 0.